The molecule has 7 heteroatoms. The van der Waals surface area contributed by atoms with E-state index in [1.54, 1.807) is 48.8 Å². The van der Waals surface area contributed by atoms with Crippen molar-refractivity contribution in [1.82, 2.24) is 9.38 Å². The molecule has 0 spiro atoms. The minimum Gasteiger partial charge on any atom is -0.324 e. The van der Waals surface area contributed by atoms with Gasteiger partial charge >= 0.3 is 0 Å². The first-order valence-electron chi connectivity index (χ1n) is 13.4. The van der Waals surface area contributed by atoms with E-state index in [1.807, 2.05) is 57.3 Å². The van der Waals surface area contributed by atoms with Gasteiger partial charge in [0.05, 0.1) is 23.1 Å². The molecule has 0 saturated carbocycles. The van der Waals surface area contributed by atoms with Gasteiger partial charge in [0.2, 0.25) is 11.7 Å². The number of hydrogen-bond donors (Lipinski definition) is 1. The summed E-state index contributed by atoms with van der Waals surface area (Å²) in [6.45, 7) is 13.4. The number of aromatic nitrogens is 2. The number of halogens is 1. The Morgan fingerprint density at radius 3 is 2.25 bits per heavy atom. The lowest BCUT2D eigenvalue weighted by atomic mass is 9.78. The van der Waals surface area contributed by atoms with Crippen LogP contribution >= 0.6 is 11.6 Å². The molecule has 3 heterocycles. The van der Waals surface area contributed by atoms with Crippen LogP contribution in [0.4, 0.5) is 5.69 Å². The number of hydrogen-bond acceptors (Lipinski definition) is 4. The van der Waals surface area contributed by atoms with E-state index < -0.39 is 10.8 Å². The van der Waals surface area contributed by atoms with Gasteiger partial charge in [0.15, 0.2) is 5.78 Å². The Balaban J connectivity index is 1.97. The van der Waals surface area contributed by atoms with Gasteiger partial charge in [-0.05, 0) is 72.0 Å². The summed E-state index contributed by atoms with van der Waals surface area (Å²) in [4.78, 5) is 45.9. The quantitative estimate of drug-likeness (QED) is 0.224. The lowest BCUT2D eigenvalue weighted by Crippen LogP contribution is -2.34. The second-order valence-electron chi connectivity index (χ2n) is 12.2. The average molecular weight is 558 g/mol. The Morgan fingerprint density at radius 2 is 1.68 bits per heavy atom. The summed E-state index contributed by atoms with van der Waals surface area (Å²) in [5.74, 6) is -0.342. The van der Waals surface area contributed by atoms with Crippen molar-refractivity contribution in [3.8, 4) is 0 Å². The number of carbonyl (C=O) groups excluding carboxylic acids is 3. The van der Waals surface area contributed by atoms with Crippen molar-refractivity contribution >= 4 is 40.3 Å². The van der Waals surface area contributed by atoms with Gasteiger partial charge in [-0.25, -0.2) is 0 Å². The molecule has 6 nitrogen and oxygen atoms in total. The fraction of sp³-hybridized carbons (Fsp3) is 0.333. The Morgan fingerprint density at radius 1 is 1.00 bits per heavy atom. The number of amides is 1. The van der Waals surface area contributed by atoms with Crippen LogP contribution in [0.1, 0.15) is 91.9 Å². The van der Waals surface area contributed by atoms with Gasteiger partial charge in [0, 0.05) is 39.4 Å². The molecule has 0 aliphatic heterocycles. The second kappa shape index (κ2) is 11.0. The van der Waals surface area contributed by atoms with Crippen LogP contribution in [-0.4, -0.2) is 26.9 Å². The highest BCUT2D eigenvalue weighted by molar-refractivity contribution is 6.30. The molecule has 1 aromatic carbocycles. The van der Waals surface area contributed by atoms with Crippen molar-refractivity contribution in [2.45, 2.75) is 60.8 Å². The van der Waals surface area contributed by atoms with E-state index in [-0.39, 0.29) is 29.8 Å². The lowest BCUT2D eigenvalue weighted by molar-refractivity contribution is -0.123. The molecular formula is C33H36ClN3O3. The standard InChI is InChI=1S/C33H36ClN3O3/c1-20(2)22-14-16-37-26(17-22)27(30(39)32(3,4)5)25(28(37)29(38)21-10-12-23(34)13-11-21)18-33(6,7)31(40)36-24-9-8-15-35-19-24/h8-17,19-20H,18H2,1-7H3,(H,36,40). The Kier molecular flexibility index (Phi) is 8.04. The third-order valence-corrected chi connectivity index (χ3v) is 7.36. The van der Waals surface area contributed by atoms with Crippen LogP contribution in [0.3, 0.4) is 0 Å². The first-order valence-corrected chi connectivity index (χ1v) is 13.8. The number of Topliss-reactive ketones (excluding diaryl/α,β-unsaturated/α-hetero) is 1. The molecule has 4 aromatic rings. The summed E-state index contributed by atoms with van der Waals surface area (Å²) < 4.78 is 1.81. The van der Waals surface area contributed by atoms with E-state index in [4.69, 9.17) is 11.6 Å². The maximum atomic E-state index is 14.2. The smallest absolute Gasteiger partial charge is 0.230 e. The molecule has 1 amide bonds. The highest BCUT2D eigenvalue weighted by Crippen LogP contribution is 2.37. The number of ketones is 2. The molecule has 0 saturated heterocycles. The monoisotopic (exact) mass is 557 g/mol. The van der Waals surface area contributed by atoms with Crippen LogP contribution in [0.25, 0.3) is 5.52 Å². The summed E-state index contributed by atoms with van der Waals surface area (Å²) in [5, 5.41) is 3.46. The first-order chi connectivity index (χ1) is 18.7. The van der Waals surface area contributed by atoms with E-state index >= 15 is 0 Å². The third kappa shape index (κ3) is 5.87. The largest absolute Gasteiger partial charge is 0.324 e. The zero-order valence-corrected chi connectivity index (χ0v) is 24.9. The minimum atomic E-state index is -0.969. The molecule has 3 aromatic heterocycles. The molecule has 4 rings (SSSR count). The third-order valence-electron chi connectivity index (χ3n) is 7.11. The zero-order chi connectivity index (χ0) is 29.4. The number of benzene rings is 1. The lowest BCUT2D eigenvalue weighted by Gasteiger charge is -2.25. The van der Waals surface area contributed by atoms with Crippen LogP contribution in [-0.2, 0) is 11.2 Å². The molecule has 40 heavy (non-hydrogen) atoms. The molecule has 0 aliphatic carbocycles. The van der Waals surface area contributed by atoms with Crippen molar-refractivity contribution in [3.05, 3.63) is 100 Å². The summed E-state index contributed by atoms with van der Waals surface area (Å²) in [7, 11) is 0. The van der Waals surface area contributed by atoms with E-state index in [2.05, 4.69) is 24.1 Å². The van der Waals surface area contributed by atoms with Gasteiger partial charge in [-0.15, -0.1) is 0 Å². The van der Waals surface area contributed by atoms with Crippen LogP contribution in [0.2, 0.25) is 5.02 Å². The normalized spacial score (nSPS) is 12.1. The van der Waals surface area contributed by atoms with Gasteiger partial charge < -0.3 is 9.72 Å². The first kappa shape index (κ1) is 29.2. The average Bonchev–Trinajstić information content (AvgIpc) is 3.20. The van der Waals surface area contributed by atoms with Crippen LogP contribution in [0.5, 0.6) is 0 Å². The van der Waals surface area contributed by atoms with E-state index in [0.29, 0.717) is 38.6 Å². The van der Waals surface area contributed by atoms with Crippen LogP contribution in [0, 0.1) is 10.8 Å². The van der Waals surface area contributed by atoms with Crippen LogP contribution in [0.15, 0.2) is 67.1 Å². The fourth-order valence-corrected chi connectivity index (χ4v) is 4.85. The van der Waals surface area contributed by atoms with Gasteiger partial charge in [0.25, 0.3) is 0 Å². The maximum Gasteiger partial charge on any atom is 0.230 e. The van der Waals surface area contributed by atoms with Crippen molar-refractivity contribution in [2.75, 3.05) is 5.32 Å². The predicted octanol–water partition coefficient (Wildman–Crippen LogP) is 7.78. The molecule has 1 N–H and O–H groups in total. The molecule has 0 radical (unpaired) electrons. The van der Waals surface area contributed by atoms with Gasteiger partial charge in [0.1, 0.15) is 0 Å². The number of anilines is 1. The van der Waals surface area contributed by atoms with Crippen molar-refractivity contribution in [2.24, 2.45) is 10.8 Å². The number of rotatable bonds is 8. The second-order valence-corrected chi connectivity index (χ2v) is 12.7. The summed E-state index contributed by atoms with van der Waals surface area (Å²) in [6.07, 6.45) is 5.25. The minimum absolute atomic E-state index is 0.0838. The predicted molar refractivity (Wildman–Crippen MR) is 161 cm³/mol. The summed E-state index contributed by atoms with van der Waals surface area (Å²) in [6, 6.07) is 14.2. The highest BCUT2D eigenvalue weighted by atomic mass is 35.5. The Labute approximate surface area is 240 Å². The number of nitrogens with one attached hydrogen (secondary N) is 1. The van der Waals surface area contributed by atoms with Gasteiger partial charge in [-0.2, -0.15) is 0 Å². The van der Waals surface area contributed by atoms with E-state index in [1.165, 1.54) is 0 Å². The fourth-order valence-electron chi connectivity index (χ4n) is 4.73. The SMILES string of the molecule is CC(C)c1ccn2c(C(=O)c3ccc(Cl)cc3)c(CC(C)(C)C(=O)Nc3cccnc3)c(C(=O)C(C)(C)C)c2c1. The molecule has 0 atom stereocenters. The van der Waals surface area contributed by atoms with Gasteiger partial charge in [-0.1, -0.05) is 60.1 Å². The van der Waals surface area contributed by atoms with Gasteiger partial charge in [-0.3, -0.25) is 19.4 Å². The van der Waals surface area contributed by atoms with Crippen molar-refractivity contribution in [1.29, 1.82) is 0 Å². The van der Waals surface area contributed by atoms with E-state index in [9.17, 15) is 14.4 Å². The number of pyridine rings is 2. The molecule has 0 bridgehead atoms. The zero-order valence-electron chi connectivity index (χ0n) is 24.1. The van der Waals surface area contributed by atoms with Crippen LogP contribution < -0.4 is 5.32 Å². The highest BCUT2D eigenvalue weighted by Gasteiger charge is 2.37. The van der Waals surface area contributed by atoms with Crippen molar-refractivity contribution < 1.29 is 14.4 Å². The van der Waals surface area contributed by atoms with E-state index in [0.717, 1.165) is 5.56 Å². The maximum absolute atomic E-state index is 14.2. The Hall–Kier alpha value is -3.77. The number of fused-ring (bicyclic) bond motifs is 1. The summed E-state index contributed by atoms with van der Waals surface area (Å²) in [5.41, 5.74) is 2.49. The molecule has 0 aliphatic rings. The summed E-state index contributed by atoms with van der Waals surface area (Å²) >= 11 is 6.11. The van der Waals surface area contributed by atoms with Crippen molar-refractivity contribution in [3.63, 3.8) is 0 Å². The number of nitrogens with zero attached hydrogens (tertiary/aromatic N) is 2. The Bertz CT molecular complexity index is 1580. The molecule has 0 fully saturated rings. The number of carbonyl (C=O) groups is 3. The molecular weight excluding hydrogens is 522 g/mol. The molecule has 0 unspecified atom stereocenters. The molecule has 208 valence electrons. The topological polar surface area (TPSA) is 80.5 Å².